The van der Waals surface area contributed by atoms with Crippen LogP contribution >= 0.6 is 0 Å². The third-order valence-corrected chi connectivity index (χ3v) is 9.56. The molecule has 1 aromatic carbocycles. The quantitative estimate of drug-likeness (QED) is 0.284. The van der Waals surface area contributed by atoms with Crippen molar-refractivity contribution in [2.24, 2.45) is 7.05 Å². The van der Waals surface area contributed by atoms with Crippen LogP contribution in [0.15, 0.2) is 30.7 Å². The van der Waals surface area contributed by atoms with Crippen molar-refractivity contribution in [1.29, 1.82) is 0 Å². The number of anilines is 1. The molecule has 3 aromatic rings. The van der Waals surface area contributed by atoms with Crippen LogP contribution < -0.4 is 4.90 Å². The van der Waals surface area contributed by atoms with Crippen molar-refractivity contribution >= 4 is 25.6 Å². The zero-order valence-corrected chi connectivity index (χ0v) is 25.7. The zero-order valence-electron chi connectivity index (χ0n) is 24.7. The lowest BCUT2D eigenvalue weighted by Gasteiger charge is -2.34. The molecule has 2 amide bonds. The molecule has 2 aliphatic rings. The van der Waals surface area contributed by atoms with E-state index in [4.69, 9.17) is 9.84 Å². The molecule has 2 aromatic heterocycles. The van der Waals surface area contributed by atoms with Gasteiger partial charge in [-0.05, 0) is 24.6 Å². The van der Waals surface area contributed by atoms with Crippen molar-refractivity contribution in [2.45, 2.75) is 51.8 Å². The maximum atomic E-state index is 16.0. The minimum atomic E-state index is -1.22. The van der Waals surface area contributed by atoms with Gasteiger partial charge in [-0.2, -0.15) is 10.2 Å². The summed E-state index contributed by atoms with van der Waals surface area (Å²) < 4.78 is 25.3. The molecule has 4 heterocycles. The van der Waals surface area contributed by atoms with Gasteiger partial charge in [0.05, 0.1) is 17.5 Å². The van der Waals surface area contributed by atoms with E-state index in [1.54, 1.807) is 41.9 Å². The first-order valence-electron chi connectivity index (χ1n) is 14.2. The Hall–Kier alpha value is -3.35. The normalized spacial score (nSPS) is 16.4. The van der Waals surface area contributed by atoms with E-state index >= 15 is 4.39 Å². The Kier molecular flexibility index (Phi) is 8.44. The molecular weight excluding hydrogens is 541 g/mol. The van der Waals surface area contributed by atoms with E-state index in [1.807, 2.05) is 17.2 Å². The fourth-order valence-electron chi connectivity index (χ4n) is 5.35. The van der Waals surface area contributed by atoms with Crippen molar-refractivity contribution in [3.8, 4) is 11.3 Å². The number of rotatable bonds is 9. The van der Waals surface area contributed by atoms with Crippen molar-refractivity contribution in [3.63, 3.8) is 0 Å². The third kappa shape index (κ3) is 6.60. The van der Waals surface area contributed by atoms with Gasteiger partial charge in [0.25, 0.3) is 5.91 Å². The number of piperazine rings is 1. The molecule has 0 N–H and O–H groups in total. The summed E-state index contributed by atoms with van der Waals surface area (Å²) >= 11 is 0. The second-order valence-electron chi connectivity index (χ2n) is 12.2. The van der Waals surface area contributed by atoms with Crippen LogP contribution in [0.3, 0.4) is 0 Å². The molecule has 220 valence electrons. The van der Waals surface area contributed by atoms with Crippen molar-refractivity contribution in [3.05, 3.63) is 53.2 Å². The number of nitrogens with zero attached hydrogens (tertiary/aromatic N) is 7. The molecule has 0 bridgehead atoms. The van der Waals surface area contributed by atoms with Crippen LogP contribution in [-0.2, 0) is 36.3 Å². The predicted octanol–water partition coefficient (Wildman–Crippen LogP) is 3.60. The minimum absolute atomic E-state index is 0.00812. The van der Waals surface area contributed by atoms with Crippen molar-refractivity contribution < 1.29 is 18.7 Å². The number of carbonyl (C=O) groups is 2. The number of ether oxygens (including phenoxy) is 1. The van der Waals surface area contributed by atoms with Gasteiger partial charge in [-0.1, -0.05) is 19.6 Å². The maximum absolute atomic E-state index is 16.0. The first-order chi connectivity index (χ1) is 19.5. The second-order valence-corrected chi connectivity index (χ2v) is 17.9. The van der Waals surface area contributed by atoms with Gasteiger partial charge in [0.15, 0.2) is 0 Å². The van der Waals surface area contributed by atoms with E-state index in [0.717, 1.165) is 11.6 Å². The fourth-order valence-corrected chi connectivity index (χ4v) is 6.11. The highest BCUT2D eigenvalue weighted by molar-refractivity contribution is 6.76. The molecule has 1 saturated heterocycles. The lowest BCUT2D eigenvalue weighted by molar-refractivity contribution is -0.118. The molecule has 0 atom stereocenters. The van der Waals surface area contributed by atoms with Crippen LogP contribution in [0.2, 0.25) is 25.7 Å². The zero-order chi connectivity index (χ0) is 29.3. The number of carbonyl (C=O) groups excluding carboxylic acids is 2. The largest absolute Gasteiger partial charge is 0.360 e. The fraction of sp³-hybridized carbons (Fsp3) is 0.517. The van der Waals surface area contributed by atoms with Gasteiger partial charge in [0.1, 0.15) is 12.5 Å². The third-order valence-electron chi connectivity index (χ3n) is 7.86. The van der Waals surface area contributed by atoms with Gasteiger partial charge in [0, 0.05) is 103 Å². The first kappa shape index (κ1) is 29.1. The summed E-state index contributed by atoms with van der Waals surface area (Å²) in [7, 11) is 2.27. The van der Waals surface area contributed by atoms with Crippen LogP contribution in [0.1, 0.15) is 27.9 Å². The Morgan fingerprint density at radius 2 is 1.83 bits per heavy atom. The van der Waals surface area contributed by atoms with Crippen molar-refractivity contribution in [1.82, 2.24) is 29.4 Å². The Morgan fingerprint density at radius 3 is 2.51 bits per heavy atom. The Balaban J connectivity index is 1.34. The molecule has 10 nitrogen and oxygen atoms in total. The molecular formula is C29H40FN7O3Si. The molecule has 5 rings (SSSR count). The Morgan fingerprint density at radius 1 is 1.07 bits per heavy atom. The minimum Gasteiger partial charge on any atom is -0.360 e. The molecule has 0 saturated carbocycles. The summed E-state index contributed by atoms with van der Waals surface area (Å²) in [5.41, 5.74) is 3.70. The molecule has 41 heavy (non-hydrogen) atoms. The summed E-state index contributed by atoms with van der Waals surface area (Å²) in [5, 5.41) is 8.91. The number of hydrogen-bond donors (Lipinski definition) is 0. The average Bonchev–Trinajstić information content (AvgIpc) is 3.54. The van der Waals surface area contributed by atoms with Gasteiger partial charge >= 0.3 is 0 Å². The molecule has 0 radical (unpaired) electrons. The highest BCUT2D eigenvalue weighted by atomic mass is 28.3. The molecule has 1 fully saturated rings. The summed E-state index contributed by atoms with van der Waals surface area (Å²) in [6.07, 6.45) is 5.95. The summed E-state index contributed by atoms with van der Waals surface area (Å²) in [5.74, 6) is -0.340. The van der Waals surface area contributed by atoms with Crippen LogP contribution in [0.4, 0.5) is 10.1 Å². The monoisotopic (exact) mass is 581 g/mol. The lowest BCUT2D eigenvalue weighted by Crippen LogP contribution is -2.48. The lowest BCUT2D eigenvalue weighted by atomic mass is 9.96. The Labute approximate surface area is 241 Å². The van der Waals surface area contributed by atoms with Crippen LogP contribution in [0.25, 0.3) is 11.3 Å². The highest BCUT2D eigenvalue weighted by Crippen LogP contribution is 2.36. The topological polar surface area (TPSA) is 88.7 Å². The number of fused-ring (bicyclic) bond motifs is 1. The maximum Gasteiger partial charge on any atom is 0.257 e. The van der Waals surface area contributed by atoms with Crippen molar-refractivity contribution in [2.75, 3.05) is 44.7 Å². The van der Waals surface area contributed by atoms with Crippen LogP contribution in [0, 0.1) is 5.82 Å². The van der Waals surface area contributed by atoms with Gasteiger partial charge < -0.3 is 14.5 Å². The Bertz CT molecular complexity index is 1420. The number of amides is 2. The van der Waals surface area contributed by atoms with E-state index in [-0.39, 0.29) is 24.1 Å². The number of benzene rings is 1. The molecule has 0 aliphatic carbocycles. The number of aryl methyl sites for hydroxylation is 1. The predicted molar refractivity (Wildman–Crippen MR) is 158 cm³/mol. The molecule has 12 heteroatoms. The van der Waals surface area contributed by atoms with E-state index in [0.29, 0.717) is 80.6 Å². The average molecular weight is 582 g/mol. The van der Waals surface area contributed by atoms with Gasteiger partial charge in [0.2, 0.25) is 5.91 Å². The van der Waals surface area contributed by atoms with Gasteiger partial charge in [-0.3, -0.25) is 19.2 Å². The summed E-state index contributed by atoms with van der Waals surface area (Å²) in [6.45, 7) is 11.1. The molecule has 0 unspecified atom stereocenters. The van der Waals surface area contributed by atoms with Crippen LogP contribution in [-0.4, -0.2) is 89.1 Å². The van der Waals surface area contributed by atoms with E-state index in [2.05, 4.69) is 29.6 Å². The molecule has 2 aliphatic heterocycles. The number of halogens is 1. The summed E-state index contributed by atoms with van der Waals surface area (Å²) in [6, 6.07) is 4.61. The number of aromatic nitrogens is 4. The van der Waals surface area contributed by atoms with Crippen LogP contribution in [0.5, 0.6) is 0 Å². The van der Waals surface area contributed by atoms with E-state index in [1.165, 1.54) is 4.90 Å². The summed E-state index contributed by atoms with van der Waals surface area (Å²) in [4.78, 5) is 30.7. The van der Waals surface area contributed by atoms with E-state index < -0.39 is 8.07 Å². The van der Waals surface area contributed by atoms with Gasteiger partial charge in [-0.15, -0.1) is 0 Å². The standard InChI is InChI=1S/C29H40FN7O3Si/c1-33-17-21(16-31-33)29(39)36-12-10-35(11-13-36)18-22-19-37(20-40-14-15-41(3,4)5)32-28(22)24-6-8-25-23(27(24)30)7-9-26(38)34(25)2/h6,8,16-17,19H,7,9-15,18,20H2,1-5H3. The highest BCUT2D eigenvalue weighted by Gasteiger charge is 2.28. The second kappa shape index (κ2) is 11.9. The first-order valence-corrected chi connectivity index (χ1v) is 17.9. The van der Waals surface area contributed by atoms with Gasteiger partial charge in [-0.25, -0.2) is 9.07 Å². The smallest absolute Gasteiger partial charge is 0.257 e. The SMILES string of the molecule is CN1C(=O)CCc2c1ccc(-c1nn(COCC[Si](C)(C)C)cc1CN1CCN(C(=O)c3cnn(C)c3)CC1)c2F. The molecule has 0 spiro atoms. The number of hydrogen-bond acceptors (Lipinski definition) is 6. The van der Waals surface area contributed by atoms with E-state index in [9.17, 15) is 9.59 Å².